The summed E-state index contributed by atoms with van der Waals surface area (Å²) in [5.41, 5.74) is 0. The van der Waals surface area contributed by atoms with Gasteiger partial charge in [-0.15, -0.1) is 0 Å². The molecule has 0 spiro atoms. The predicted octanol–water partition coefficient (Wildman–Crippen LogP) is 0.417. The highest BCUT2D eigenvalue weighted by Crippen LogP contribution is 2.27. The molecule has 0 saturated heterocycles. The fraction of sp³-hybridized carbons (Fsp3) is 0.727. The van der Waals surface area contributed by atoms with Gasteiger partial charge < -0.3 is 10.2 Å². The van der Waals surface area contributed by atoms with Crippen molar-refractivity contribution in [3.05, 3.63) is 0 Å². The van der Waals surface area contributed by atoms with Gasteiger partial charge in [-0.05, 0) is 19.3 Å². The summed E-state index contributed by atoms with van der Waals surface area (Å²) in [5.74, 6) is -1.16. The van der Waals surface area contributed by atoms with Crippen LogP contribution in [0.25, 0.3) is 0 Å². The summed E-state index contributed by atoms with van der Waals surface area (Å²) in [6.07, 6.45) is 3.88. The number of nitrogens with one attached hydrogen (secondary N) is 1. The molecule has 1 rings (SSSR count). The van der Waals surface area contributed by atoms with E-state index in [9.17, 15) is 9.59 Å². The SMILES string of the molecule is CCCCN(C(=O)C(=O)NCC#N)C1CC1. The van der Waals surface area contributed by atoms with Crippen LogP contribution in [-0.2, 0) is 9.59 Å². The van der Waals surface area contributed by atoms with Crippen LogP contribution in [0, 0.1) is 11.3 Å². The Morgan fingerprint density at radius 2 is 2.19 bits per heavy atom. The predicted molar refractivity (Wildman–Crippen MR) is 58.3 cm³/mol. The molecule has 1 N–H and O–H groups in total. The van der Waals surface area contributed by atoms with Gasteiger partial charge in [0.05, 0.1) is 6.07 Å². The summed E-state index contributed by atoms with van der Waals surface area (Å²) in [4.78, 5) is 24.8. The van der Waals surface area contributed by atoms with E-state index in [1.807, 2.05) is 6.92 Å². The summed E-state index contributed by atoms with van der Waals surface area (Å²) < 4.78 is 0. The van der Waals surface area contributed by atoms with Crippen molar-refractivity contribution in [1.82, 2.24) is 10.2 Å². The van der Waals surface area contributed by atoms with E-state index < -0.39 is 11.8 Å². The molecule has 5 heteroatoms. The van der Waals surface area contributed by atoms with E-state index in [2.05, 4.69) is 5.32 Å². The van der Waals surface area contributed by atoms with Gasteiger partial charge in [-0.25, -0.2) is 0 Å². The molecule has 0 aromatic carbocycles. The lowest BCUT2D eigenvalue weighted by atomic mass is 10.3. The summed E-state index contributed by atoms with van der Waals surface area (Å²) >= 11 is 0. The molecule has 5 nitrogen and oxygen atoms in total. The largest absolute Gasteiger partial charge is 0.335 e. The molecule has 1 aliphatic rings. The van der Waals surface area contributed by atoms with Gasteiger partial charge in [0, 0.05) is 12.6 Å². The Hall–Kier alpha value is -1.57. The zero-order chi connectivity index (χ0) is 12.0. The fourth-order valence-electron chi connectivity index (χ4n) is 1.49. The number of amides is 2. The highest BCUT2D eigenvalue weighted by molar-refractivity contribution is 6.35. The molecule has 1 fully saturated rings. The third kappa shape index (κ3) is 3.54. The lowest BCUT2D eigenvalue weighted by Crippen LogP contribution is -2.44. The number of nitriles is 1. The minimum absolute atomic E-state index is 0.114. The Morgan fingerprint density at radius 1 is 1.50 bits per heavy atom. The zero-order valence-corrected chi connectivity index (χ0v) is 9.53. The second-order valence-corrected chi connectivity index (χ2v) is 3.92. The fourth-order valence-corrected chi connectivity index (χ4v) is 1.49. The molecule has 1 saturated carbocycles. The van der Waals surface area contributed by atoms with Gasteiger partial charge in [0.2, 0.25) is 0 Å². The van der Waals surface area contributed by atoms with E-state index in [0.29, 0.717) is 6.54 Å². The highest BCUT2D eigenvalue weighted by atomic mass is 16.2. The van der Waals surface area contributed by atoms with Crippen molar-refractivity contribution in [2.45, 2.75) is 38.6 Å². The quantitative estimate of drug-likeness (QED) is 0.542. The summed E-state index contributed by atoms with van der Waals surface area (Å²) in [6, 6.07) is 2.02. The van der Waals surface area contributed by atoms with E-state index in [0.717, 1.165) is 25.7 Å². The average Bonchev–Trinajstić information content (AvgIpc) is 3.10. The van der Waals surface area contributed by atoms with E-state index in [4.69, 9.17) is 5.26 Å². The van der Waals surface area contributed by atoms with Crippen molar-refractivity contribution in [2.24, 2.45) is 0 Å². The minimum atomic E-state index is -0.662. The average molecular weight is 223 g/mol. The van der Waals surface area contributed by atoms with Crippen LogP contribution in [-0.4, -0.2) is 35.8 Å². The number of rotatable bonds is 5. The molecule has 0 atom stereocenters. The molecule has 0 bridgehead atoms. The molecule has 0 unspecified atom stereocenters. The first-order valence-electron chi connectivity index (χ1n) is 5.66. The summed E-state index contributed by atoms with van der Waals surface area (Å²) in [6.45, 7) is 2.57. The van der Waals surface area contributed by atoms with Crippen molar-refractivity contribution in [3.63, 3.8) is 0 Å². The van der Waals surface area contributed by atoms with Crippen LogP contribution < -0.4 is 5.32 Å². The molecule has 1 aliphatic carbocycles. The molecule has 0 aromatic rings. The number of carbonyl (C=O) groups excluding carboxylic acids is 2. The maximum atomic E-state index is 11.7. The number of hydrogen-bond donors (Lipinski definition) is 1. The van der Waals surface area contributed by atoms with Crippen molar-refractivity contribution >= 4 is 11.8 Å². The molecule has 0 heterocycles. The maximum absolute atomic E-state index is 11.7. The van der Waals surface area contributed by atoms with Crippen LogP contribution in [0.1, 0.15) is 32.6 Å². The lowest BCUT2D eigenvalue weighted by molar-refractivity contribution is -0.146. The van der Waals surface area contributed by atoms with Gasteiger partial charge in [0.15, 0.2) is 0 Å². The van der Waals surface area contributed by atoms with E-state index in [-0.39, 0.29) is 12.6 Å². The first-order valence-corrected chi connectivity index (χ1v) is 5.66. The molecule has 16 heavy (non-hydrogen) atoms. The summed E-state index contributed by atoms with van der Waals surface area (Å²) in [5, 5.41) is 10.6. The molecule has 0 aliphatic heterocycles. The second-order valence-electron chi connectivity index (χ2n) is 3.92. The van der Waals surface area contributed by atoms with Gasteiger partial charge in [0.25, 0.3) is 0 Å². The van der Waals surface area contributed by atoms with Gasteiger partial charge in [-0.3, -0.25) is 9.59 Å². The van der Waals surface area contributed by atoms with Crippen molar-refractivity contribution in [2.75, 3.05) is 13.1 Å². The van der Waals surface area contributed by atoms with Crippen LogP contribution in [0.2, 0.25) is 0 Å². The smallest absolute Gasteiger partial charge is 0.312 e. The summed E-state index contributed by atoms with van der Waals surface area (Å²) in [7, 11) is 0. The molecule has 2 amide bonds. The van der Waals surface area contributed by atoms with Crippen LogP contribution >= 0.6 is 0 Å². The topological polar surface area (TPSA) is 73.2 Å². The molecule has 0 radical (unpaired) electrons. The van der Waals surface area contributed by atoms with Gasteiger partial charge in [0.1, 0.15) is 6.54 Å². The van der Waals surface area contributed by atoms with Crippen LogP contribution in [0.15, 0.2) is 0 Å². The maximum Gasteiger partial charge on any atom is 0.312 e. The second kappa shape index (κ2) is 6.11. The van der Waals surface area contributed by atoms with Crippen molar-refractivity contribution in [1.29, 1.82) is 5.26 Å². The van der Waals surface area contributed by atoms with E-state index >= 15 is 0 Å². The normalized spacial score (nSPS) is 14.0. The Labute approximate surface area is 95.4 Å². The Bertz CT molecular complexity index is 305. The van der Waals surface area contributed by atoms with Crippen LogP contribution in [0.4, 0.5) is 0 Å². The van der Waals surface area contributed by atoms with Crippen LogP contribution in [0.3, 0.4) is 0 Å². The molecule has 88 valence electrons. The number of hydrogen-bond acceptors (Lipinski definition) is 3. The molecular weight excluding hydrogens is 206 g/mol. The Balaban J connectivity index is 2.46. The first kappa shape index (κ1) is 12.5. The molecular formula is C11H17N3O2. The molecule has 0 aromatic heterocycles. The van der Waals surface area contributed by atoms with Gasteiger partial charge >= 0.3 is 11.8 Å². The minimum Gasteiger partial charge on any atom is -0.335 e. The highest BCUT2D eigenvalue weighted by Gasteiger charge is 2.34. The standard InChI is InChI=1S/C11H17N3O2/c1-2-3-8-14(9-4-5-9)11(16)10(15)13-7-6-12/h9H,2-5,7-8H2,1H3,(H,13,15). The first-order chi connectivity index (χ1) is 7.70. The third-order valence-corrected chi connectivity index (χ3v) is 2.52. The van der Waals surface area contributed by atoms with Crippen molar-refractivity contribution < 1.29 is 9.59 Å². The Kier molecular flexibility index (Phi) is 4.77. The van der Waals surface area contributed by atoms with Gasteiger partial charge in [-0.1, -0.05) is 13.3 Å². The zero-order valence-electron chi connectivity index (χ0n) is 9.53. The lowest BCUT2D eigenvalue weighted by Gasteiger charge is -2.21. The van der Waals surface area contributed by atoms with Crippen molar-refractivity contribution in [3.8, 4) is 6.07 Å². The van der Waals surface area contributed by atoms with E-state index in [1.165, 1.54) is 0 Å². The van der Waals surface area contributed by atoms with Crippen LogP contribution in [0.5, 0.6) is 0 Å². The monoisotopic (exact) mass is 223 g/mol. The third-order valence-electron chi connectivity index (χ3n) is 2.52. The Morgan fingerprint density at radius 3 is 2.69 bits per heavy atom. The van der Waals surface area contributed by atoms with Gasteiger partial charge in [-0.2, -0.15) is 5.26 Å². The number of carbonyl (C=O) groups is 2. The van der Waals surface area contributed by atoms with E-state index in [1.54, 1.807) is 11.0 Å². The number of nitrogens with zero attached hydrogens (tertiary/aromatic N) is 2. The number of unbranched alkanes of at least 4 members (excludes halogenated alkanes) is 1.